The molecule has 0 atom stereocenters. The van der Waals surface area contributed by atoms with Crippen molar-refractivity contribution in [3.05, 3.63) is 230 Å². The minimum atomic E-state index is -0.448. The number of rotatable bonds is 5. The first-order chi connectivity index (χ1) is 35.4. The third kappa shape index (κ3) is 5.57. The molecule has 0 aliphatic heterocycles. The molecule has 1 heterocycles. The Balaban J connectivity index is 1.05. The third-order valence-electron chi connectivity index (χ3n) is 12.6. The predicted octanol–water partition coefficient (Wildman–Crippen LogP) is 17.7. The predicted molar refractivity (Wildman–Crippen MR) is 268 cm³/mol. The summed E-state index contributed by atoms with van der Waals surface area (Å²) in [6, 6.07) is 54.0. The van der Waals surface area contributed by atoms with Gasteiger partial charge in [-0.05, 0) is 134 Å². The third-order valence-corrected chi connectivity index (χ3v) is 12.6. The van der Waals surface area contributed by atoms with Gasteiger partial charge in [-0.3, -0.25) is 0 Å². The molecule has 292 valence electrons. The molecule has 1 nitrogen and oxygen atoms in total. The van der Waals surface area contributed by atoms with E-state index in [1.807, 2.05) is 72.8 Å². The summed E-state index contributed by atoms with van der Waals surface area (Å²) in [4.78, 5) is 0. The van der Waals surface area contributed by atoms with E-state index in [-0.39, 0.29) is 47.4 Å². The Bertz CT molecular complexity index is 4460. The second kappa shape index (κ2) is 14.2. The Hall–Kier alpha value is -8.26. The Morgan fingerprint density at radius 3 is 1.56 bits per heavy atom. The molecule has 0 fully saturated rings. The van der Waals surface area contributed by atoms with Gasteiger partial charge in [0, 0.05) is 16.3 Å². The van der Waals surface area contributed by atoms with Gasteiger partial charge in [0.15, 0.2) is 0 Å². The van der Waals surface area contributed by atoms with E-state index in [0.717, 1.165) is 98.0 Å². The molecule has 0 radical (unpaired) electrons. The summed E-state index contributed by atoms with van der Waals surface area (Å²) in [7, 11) is 0. The normalized spacial score (nSPS) is 14.0. The van der Waals surface area contributed by atoms with Crippen molar-refractivity contribution < 1.29 is 18.1 Å². The first-order valence-corrected chi connectivity index (χ1v) is 20.9. The molecular formula is C62H38O. The van der Waals surface area contributed by atoms with Crippen LogP contribution in [-0.4, -0.2) is 0 Å². The Labute approximate surface area is 378 Å². The average Bonchev–Trinajstić information content (AvgIpc) is 3.81. The SMILES string of the molecule is [2H]c1c([2H])c([2H])c(-c2c3ccccc3c(-c3cc4ccccc4c4c(-c5cc(-c6ccc7oc8c(-c9c([2H])c([2H])c([2H])c([2H])c9[2H])cccc8c7c6)c6ccccc6c5)cccc34)c3ccccc23)c([2H])c1[2H]. The molecular weight excluding hydrogens is 761 g/mol. The van der Waals surface area contributed by atoms with Crippen LogP contribution in [0, 0.1) is 0 Å². The highest BCUT2D eigenvalue weighted by atomic mass is 16.3. The van der Waals surface area contributed by atoms with Crippen molar-refractivity contribution >= 4 is 75.8 Å². The van der Waals surface area contributed by atoms with Crippen LogP contribution in [0.3, 0.4) is 0 Å². The Morgan fingerprint density at radius 1 is 0.302 bits per heavy atom. The number of para-hydroxylation sites is 1. The summed E-state index contributed by atoms with van der Waals surface area (Å²) in [6.07, 6.45) is 0. The van der Waals surface area contributed by atoms with Crippen molar-refractivity contribution in [2.45, 2.75) is 0 Å². The van der Waals surface area contributed by atoms with Gasteiger partial charge >= 0.3 is 0 Å². The molecule has 0 unspecified atom stereocenters. The first-order valence-electron chi connectivity index (χ1n) is 25.9. The fourth-order valence-corrected chi connectivity index (χ4v) is 9.91. The van der Waals surface area contributed by atoms with E-state index in [0.29, 0.717) is 22.3 Å². The summed E-state index contributed by atoms with van der Waals surface area (Å²) < 4.78 is 92.7. The van der Waals surface area contributed by atoms with Crippen molar-refractivity contribution in [1.29, 1.82) is 0 Å². The summed E-state index contributed by atoms with van der Waals surface area (Å²) in [6.45, 7) is 0. The van der Waals surface area contributed by atoms with Crippen LogP contribution in [0.15, 0.2) is 235 Å². The van der Waals surface area contributed by atoms with Crippen LogP contribution in [0.4, 0.5) is 0 Å². The lowest BCUT2D eigenvalue weighted by Crippen LogP contribution is -1.93. The molecule has 0 amide bonds. The summed E-state index contributed by atoms with van der Waals surface area (Å²) in [5.41, 5.74) is 8.29. The molecule has 1 aromatic heterocycles. The van der Waals surface area contributed by atoms with E-state index in [4.69, 9.17) is 18.1 Å². The Morgan fingerprint density at radius 2 is 0.857 bits per heavy atom. The molecule has 0 N–H and O–H groups in total. The maximum absolute atomic E-state index is 9.09. The number of hydrogen-bond donors (Lipinski definition) is 0. The van der Waals surface area contributed by atoms with Crippen LogP contribution in [0.1, 0.15) is 13.7 Å². The van der Waals surface area contributed by atoms with Gasteiger partial charge in [0.2, 0.25) is 0 Å². The zero-order valence-electron chi connectivity index (χ0n) is 43.6. The van der Waals surface area contributed by atoms with Gasteiger partial charge in [-0.15, -0.1) is 0 Å². The zero-order chi connectivity index (χ0) is 50.1. The number of benzene rings is 12. The molecule has 0 aliphatic rings. The summed E-state index contributed by atoms with van der Waals surface area (Å²) in [5.74, 6) is 0. The van der Waals surface area contributed by atoms with Crippen LogP contribution in [-0.2, 0) is 0 Å². The zero-order valence-corrected chi connectivity index (χ0v) is 33.6. The van der Waals surface area contributed by atoms with Crippen LogP contribution in [0.25, 0.3) is 131 Å². The van der Waals surface area contributed by atoms with E-state index in [1.54, 1.807) is 6.07 Å². The van der Waals surface area contributed by atoms with E-state index in [2.05, 4.69) is 91.0 Å². The van der Waals surface area contributed by atoms with E-state index >= 15 is 0 Å². The van der Waals surface area contributed by atoms with Crippen LogP contribution < -0.4 is 0 Å². The van der Waals surface area contributed by atoms with Crippen molar-refractivity contribution in [3.63, 3.8) is 0 Å². The van der Waals surface area contributed by atoms with Crippen molar-refractivity contribution in [1.82, 2.24) is 0 Å². The highest BCUT2D eigenvalue weighted by Gasteiger charge is 2.21. The summed E-state index contributed by atoms with van der Waals surface area (Å²) >= 11 is 0. The number of furan rings is 1. The molecule has 1 heteroatoms. The minimum Gasteiger partial charge on any atom is -0.455 e. The fourth-order valence-electron chi connectivity index (χ4n) is 9.91. The standard InChI is InChI=1S/C62H38O/c1-3-17-39(18-4-1)48-30-16-32-54-56-36-43(33-34-58(56)63-62(48)54)55-38-44(35-41-21-7-9-23-45(41)55)47-29-15-31-53-57(37-42-22-8-10-24-46(42)60(47)53)61-51-27-13-11-25-49(51)59(40-19-5-2-6-20-40)50-26-12-14-28-52(50)61/h1-38H/i1D,2D,3D,4D,5D,6D,17D,18D,19D,20D. The summed E-state index contributed by atoms with van der Waals surface area (Å²) in [5, 5.41) is 11.2. The van der Waals surface area contributed by atoms with E-state index < -0.39 is 24.2 Å². The molecule has 12 aromatic carbocycles. The largest absolute Gasteiger partial charge is 0.455 e. The van der Waals surface area contributed by atoms with Crippen molar-refractivity contribution in [3.8, 4) is 55.6 Å². The highest BCUT2D eigenvalue weighted by Crippen LogP contribution is 2.49. The first kappa shape index (κ1) is 26.8. The lowest BCUT2D eigenvalue weighted by molar-refractivity contribution is 0.670. The molecule has 0 aliphatic carbocycles. The topological polar surface area (TPSA) is 13.1 Å². The fraction of sp³-hybridized carbons (Fsp3) is 0. The second-order valence-electron chi connectivity index (χ2n) is 16.0. The molecule has 0 spiro atoms. The van der Waals surface area contributed by atoms with Gasteiger partial charge < -0.3 is 4.42 Å². The van der Waals surface area contributed by atoms with Crippen LogP contribution >= 0.6 is 0 Å². The van der Waals surface area contributed by atoms with Crippen molar-refractivity contribution in [2.75, 3.05) is 0 Å². The second-order valence-corrected chi connectivity index (χ2v) is 16.0. The van der Waals surface area contributed by atoms with Gasteiger partial charge in [0.1, 0.15) is 11.2 Å². The van der Waals surface area contributed by atoms with Gasteiger partial charge in [-0.25, -0.2) is 0 Å². The highest BCUT2D eigenvalue weighted by molar-refractivity contribution is 6.27. The van der Waals surface area contributed by atoms with Gasteiger partial charge in [0.25, 0.3) is 0 Å². The van der Waals surface area contributed by atoms with Gasteiger partial charge in [-0.1, -0.05) is 200 Å². The quantitative estimate of drug-likeness (QED) is 0.125. The number of fused-ring (bicyclic) bond motifs is 9. The molecule has 13 rings (SSSR count). The van der Waals surface area contributed by atoms with Crippen molar-refractivity contribution in [2.24, 2.45) is 0 Å². The van der Waals surface area contributed by atoms with Gasteiger partial charge in [-0.2, -0.15) is 0 Å². The maximum atomic E-state index is 9.09. The average molecular weight is 809 g/mol. The molecule has 0 saturated carbocycles. The van der Waals surface area contributed by atoms with E-state index in [1.165, 1.54) is 0 Å². The monoisotopic (exact) mass is 808 g/mol. The Kier molecular flexibility index (Phi) is 6.03. The van der Waals surface area contributed by atoms with Crippen LogP contribution in [0.2, 0.25) is 0 Å². The van der Waals surface area contributed by atoms with Gasteiger partial charge in [0.05, 0.1) is 13.7 Å². The molecule has 0 bridgehead atoms. The van der Waals surface area contributed by atoms with E-state index in [9.17, 15) is 0 Å². The van der Waals surface area contributed by atoms with Crippen LogP contribution in [0.5, 0.6) is 0 Å². The maximum Gasteiger partial charge on any atom is 0.143 e. The lowest BCUT2D eigenvalue weighted by Gasteiger charge is -2.21. The lowest BCUT2D eigenvalue weighted by atomic mass is 9.82. The smallest absolute Gasteiger partial charge is 0.143 e. The minimum absolute atomic E-state index is 0.0899. The number of hydrogen-bond acceptors (Lipinski definition) is 1. The molecule has 0 saturated heterocycles. The molecule has 63 heavy (non-hydrogen) atoms. The molecule has 13 aromatic rings.